The fraction of sp³-hybridized carbons (Fsp3) is 0.571. The van der Waals surface area contributed by atoms with Gasteiger partial charge in [0.1, 0.15) is 12.6 Å². The number of para-hydroxylation sites is 2. The predicted molar refractivity (Wildman–Crippen MR) is 108 cm³/mol. The summed E-state index contributed by atoms with van der Waals surface area (Å²) in [5, 5.41) is 2.83. The summed E-state index contributed by atoms with van der Waals surface area (Å²) in [5.41, 5.74) is 0. The molecule has 0 bridgehead atoms. The maximum absolute atomic E-state index is 13.1. The normalized spacial score (nSPS) is 19.3. The number of nitrogens with zero attached hydrogens (tertiary/aromatic N) is 2. The second-order valence-electron chi connectivity index (χ2n) is 7.61. The van der Waals surface area contributed by atoms with Gasteiger partial charge in [0.2, 0.25) is 12.0 Å². The number of hydrogen-bond donors (Lipinski definition) is 1. The van der Waals surface area contributed by atoms with Crippen LogP contribution < -0.4 is 14.8 Å². The minimum absolute atomic E-state index is 0.0834. The Morgan fingerprint density at radius 1 is 1.10 bits per heavy atom. The van der Waals surface area contributed by atoms with Gasteiger partial charge in [-0.05, 0) is 25.0 Å². The Morgan fingerprint density at radius 3 is 2.37 bits per heavy atom. The van der Waals surface area contributed by atoms with Gasteiger partial charge in [-0.15, -0.1) is 0 Å². The first-order valence-corrected chi connectivity index (χ1v) is 10.3. The summed E-state index contributed by atoms with van der Waals surface area (Å²) in [6.45, 7) is 7.51. The molecule has 30 heavy (non-hydrogen) atoms. The SMILES string of the molecule is CCOC(=O)N1CCN(C(=O)[C@H](NC(=O)[C@H]2COc3ccccc3O2)C(C)C)CC1. The smallest absolute Gasteiger partial charge is 0.409 e. The van der Waals surface area contributed by atoms with E-state index < -0.39 is 12.1 Å². The standard InChI is InChI=1S/C21H29N3O6/c1-4-28-21(27)24-11-9-23(10-12-24)20(26)18(14(2)3)22-19(25)17-13-29-15-7-5-6-8-16(15)30-17/h5-8,14,17-18H,4,9-13H2,1-3H3,(H,22,25)/t17-,18-/m1/s1. The highest BCUT2D eigenvalue weighted by molar-refractivity contribution is 5.90. The van der Waals surface area contributed by atoms with Crippen molar-refractivity contribution in [3.8, 4) is 11.5 Å². The predicted octanol–water partition coefficient (Wildman–Crippen LogP) is 1.27. The van der Waals surface area contributed by atoms with Crippen LogP contribution in [0.4, 0.5) is 4.79 Å². The monoisotopic (exact) mass is 419 g/mol. The van der Waals surface area contributed by atoms with Crippen molar-refractivity contribution in [2.75, 3.05) is 39.4 Å². The third-order valence-electron chi connectivity index (χ3n) is 5.15. The molecule has 2 aliphatic rings. The van der Waals surface area contributed by atoms with Gasteiger partial charge in [0.25, 0.3) is 5.91 Å². The van der Waals surface area contributed by atoms with Crippen LogP contribution >= 0.6 is 0 Å². The van der Waals surface area contributed by atoms with Crippen LogP contribution in [-0.2, 0) is 14.3 Å². The van der Waals surface area contributed by atoms with Crippen LogP contribution in [0.2, 0.25) is 0 Å². The first kappa shape index (κ1) is 21.7. The Labute approximate surface area is 176 Å². The highest BCUT2D eigenvalue weighted by atomic mass is 16.6. The Kier molecular flexibility index (Phi) is 7.02. The highest BCUT2D eigenvalue weighted by Crippen LogP contribution is 2.31. The van der Waals surface area contributed by atoms with Gasteiger partial charge in [0.05, 0.1) is 6.61 Å². The molecule has 0 aliphatic carbocycles. The number of hydrogen-bond acceptors (Lipinski definition) is 6. The average Bonchev–Trinajstić information content (AvgIpc) is 2.76. The molecule has 2 heterocycles. The molecule has 9 heteroatoms. The van der Waals surface area contributed by atoms with Crippen LogP contribution in [-0.4, -0.2) is 79.2 Å². The van der Waals surface area contributed by atoms with Gasteiger partial charge < -0.3 is 29.3 Å². The number of ether oxygens (including phenoxy) is 3. The van der Waals surface area contributed by atoms with Crippen LogP contribution in [0.15, 0.2) is 24.3 Å². The molecule has 0 spiro atoms. The molecule has 1 aromatic rings. The molecular formula is C21H29N3O6. The van der Waals surface area contributed by atoms with Crippen LogP contribution in [0.3, 0.4) is 0 Å². The molecule has 2 aliphatic heterocycles. The topological polar surface area (TPSA) is 97.4 Å². The van der Waals surface area contributed by atoms with Crippen molar-refractivity contribution in [2.24, 2.45) is 5.92 Å². The zero-order chi connectivity index (χ0) is 21.7. The van der Waals surface area contributed by atoms with Crippen LogP contribution in [0.5, 0.6) is 11.5 Å². The molecule has 1 saturated heterocycles. The van der Waals surface area contributed by atoms with E-state index in [1.165, 1.54) is 0 Å². The van der Waals surface area contributed by atoms with E-state index in [0.29, 0.717) is 44.3 Å². The third-order valence-corrected chi connectivity index (χ3v) is 5.15. The maximum Gasteiger partial charge on any atom is 0.409 e. The van der Waals surface area contributed by atoms with E-state index in [2.05, 4.69) is 5.32 Å². The molecule has 9 nitrogen and oxygen atoms in total. The molecule has 1 fully saturated rings. The molecule has 0 aromatic heterocycles. The summed E-state index contributed by atoms with van der Waals surface area (Å²) in [4.78, 5) is 40.9. The van der Waals surface area contributed by atoms with Gasteiger partial charge in [-0.25, -0.2) is 4.79 Å². The van der Waals surface area contributed by atoms with Gasteiger partial charge in [-0.1, -0.05) is 26.0 Å². The lowest BCUT2D eigenvalue weighted by molar-refractivity contribution is -0.141. The summed E-state index contributed by atoms with van der Waals surface area (Å²) in [6.07, 6.45) is -1.19. The largest absolute Gasteiger partial charge is 0.485 e. The fourth-order valence-corrected chi connectivity index (χ4v) is 3.43. The number of amides is 3. The van der Waals surface area contributed by atoms with E-state index in [9.17, 15) is 14.4 Å². The molecule has 0 saturated carbocycles. The van der Waals surface area contributed by atoms with E-state index in [1.807, 2.05) is 19.9 Å². The maximum atomic E-state index is 13.1. The van der Waals surface area contributed by atoms with E-state index in [4.69, 9.17) is 14.2 Å². The van der Waals surface area contributed by atoms with Crippen molar-refractivity contribution in [3.05, 3.63) is 24.3 Å². The summed E-state index contributed by atoms with van der Waals surface area (Å²) in [7, 11) is 0. The lowest BCUT2D eigenvalue weighted by Gasteiger charge is -2.37. The Hall–Kier alpha value is -2.97. The molecule has 164 valence electrons. The summed E-state index contributed by atoms with van der Waals surface area (Å²) >= 11 is 0. The van der Waals surface area contributed by atoms with Crippen molar-refractivity contribution in [1.82, 2.24) is 15.1 Å². The summed E-state index contributed by atoms with van der Waals surface area (Å²) < 4.78 is 16.4. The number of rotatable bonds is 5. The van der Waals surface area contributed by atoms with Crippen LogP contribution in [0, 0.1) is 5.92 Å². The van der Waals surface area contributed by atoms with E-state index in [-0.39, 0.29) is 30.4 Å². The average molecular weight is 419 g/mol. The number of carbonyl (C=O) groups is 3. The Balaban J connectivity index is 1.57. The summed E-state index contributed by atoms with van der Waals surface area (Å²) in [6, 6.07) is 6.46. The number of nitrogens with one attached hydrogen (secondary N) is 1. The lowest BCUT2D eigenvalue weighted by atomic mass is 10.0. The van der Waals surface area contributed by atoms with Gasteiger partial charge >= 0.3 is 6.09 Å². The zero-order valence-electron chi connectivity index (χ0n) is 17.6. The lowest BCUT2D eigenvalue weighted by Crippen LogP contribution is -2.59. The quantitative estimate of drug-likeness (QED) is 0.772. The van der Waals surface area contributed by atoms with Gasteiger partial charge in [0, 0.05) is 26.2 Å². The molecule has 0 unspecified atom stereocenters. The molecule has 1 aromatic carbocycles. The van der Waals surface area contributed by atoms with Crippen LogP contribution in [0.25, 0.3) is 0 Å². The minimum Gasteiger partial charge on any atom is -0.485 e. The van der Waals surface area contributed by atoms with Crippen LogP contribution in [0.1, 0.15) is 20.8 Å². The zero-order valence-corrected chi connectivity index (χ0v) is 17.6. The van der Waals surface area contributed by atoms with Crippen molar-refractivity contribution < 1.29 is 28.6 Å². The second-order valence-corrected chi connectivity index (χ2v) is 7.61. The first-order chi connectivity index (χ1) is 14.4. The van der Waals surface area contributed by atoms with E-state index >= 15 is 0 Å². The molecule has 1 N–H and O–H groups in total. The molecule has 2 atom stereocenters. The van der Waals surface area contributed by atoms with Crippen molar-refractivity contribution in [2.45, 2.75) is 32.9 Å². The molecule has 3 amide bonds. The number of fused-ring (bicyclic) bond motifs is 1. The Morgan fingerprint density at radius 2 is 1.73 bits per heavy atom. The first-order valence-electron chi connectivity index (χ1n) is 10.3. The third kappa shape index (κ3) is 4.95. The molecule has 0 radical (unpaired) electrons. The number of carbonyl (C=O) groups excluding carboxylic acids is 3. The van der Waals surface area contributed by atoms with Gasteiger partial charge in [-0.2, -0.15) is 0 Å². The number of piperazine rings is 1. The van der Waals surface area contributed by atoms with Gasteiger partial charge in [-0.3, -0.25) is 9.59 Å². The van der Waals surface area contributed by atoms with Crippen molar-refractivity contribution >= 4 is 17.9 Å². The van der Waals surface area contributed by atoms with E-state index in [0.717, 1.165) is 0 Å². The summed E-state index contributed by atoms with van der Waals surface area (Å²) in [5.74, 6) is 0.436. The second kappa shape index (κ2) is 9.69. The van der Waals surface area contributed by atoms with E-state index in [1.54, 1.807) is 34.9 Å². The highest BCUT2D eigenvalue weighted by Gasteiger charge is 2.35. The van der Waals surface area contributed by atoms with Crippen molar-refractivity contribution in [1.29, 1.82) is 0 Å². The molecule has 3 rings (SSSR count). The Bertz CT molecular complexity index is 776. The van der Waals surface area contributed by atoms with Crippen molar-refractivity contribution in [3.63, 3.8) is 0 Å². The minimum atomic E-state index is -0.824. The van der Waals surface area contributed by atoms with Gasteiger partial charge in [0.15, 0.2) is 11.5 Å². The fourth-order valence-electron chi connectivity index (χ4n) is 3.43. The number of benzene rings is 1. The molecular weight excluding hydrogens is 390 g/mol.